The maximum atomic E-state index is 13.3. The summed E-state index contributed by atoms with van der Waals surface area (Å²) in [4.78, 5) is 39.6. The molecule has 0 saturated carbocycles. The Bertz CT molecular complexity index is 1070. The summed E-state index contributed by atoms with van der Waals surface area (Å²) in [6.45, 7) is 4.69. The van der Waals surface area contributed by atoms with Gasteiger partial charge in [-0.3, -0.25) is 9.59 Å². The smallest absolute Gasteiger partial charge is 0.417 e. The number of benzene rings is 1. The molecule has 2 N–H and O–H groups in total. The number of anilines is 1. The Morgan fingerprint density at radius 2 is 1.69 bits per heavy atom. The molecule has 0 bridgehead atoms. The van der Waals surface area contributed by atoms with E-state index in [0.29, 0.717) is 18.9 Å². The summed E-state index contributed by atoms with van der Waals surface area (Å²) in [5, 5.41) is 19.6. The number of nitrogens with one attached hydrogen (secondary N) is 1. The van der Waals surface area contributed by atoms with Crippen LogP contribution in [-0.2, 0) is 11.0 Å². The molecular formula is C23H26F3N5O4. The molecule has 0 radical (unpaired) electrons. The standard InChI is InChI=1S/C23H26F3N5O4/c1-14(2)13-18(22(34)35)27-20(32)17-7-8-19(29-28-17)30-9-11-31(12-10-30)21(33)15-5-3-4-6-16(15)23(24,25)26/h3-8,14,18H,9-13H2,1-2H3,(H,27,32)(H,34,35). The van der Waals surface area contributed by atoms with Crippen molar-refractivity contribution in [2.75, 3.05) is 31.1 Å². The average Bonchev–Trinajstić information content (AvgIpc) is 2.82. The quantitative estimate of drug-likeness (QED) is 0.609. The number of nitrogens with zero attached hydrogens (tertiary/aromatic N) is 4. The van der Waals surface area contributed by atoms with Gasteiger partial charge in [-0.25, -0.2) is 4.79 Å². The third-order valence-corrected chi connectivity index (χ3v) is 5.55. The number of rotatable bonds is 7. The van der Waals surface area contributed by atoms with Gasteiger partial charge >= 0.3 is 12.1 Å². The van der Waals surface area contributed by atoms with Crippen LogP contribution < -0.4 is 10.2 Å². The molecule has 1 fully saturated rings. The van der Waals surface area contributed by atoms with E-state index in [1.807, 2.05) is 13.8 Å². The van der Waals surface area contributed by atoms with Crippen molar-refractivity contribution in [1.82, 2.24) is 20.4 Å². The number of hydrogen-bond donors (Lipinski definition) is 2. The number of amides is 2. The molecule has 3 rings (SSSR count). The van der Waals surface area contributed by atoms with E-state index in [-0.39, 0.29) is 36.7 Å². The lowest BCUT2D eigenvalue weighted by atomic mass is 10.0. The highest BCUT2D eigenvalue weighted by molar-refractivity contribution is 5.96. The van der Waals surface area contributed by atoms with Gasteiger partial charge in [-0.2, -0.15) is 13.2 Å². The molecule has 9 nitrogen and oxygen atoms in total. The summed E-state index contributed by atoms with van der Waals surface area (Å²) >= 11 is 0. The monoisotopic (exact) mass is 493 g/mol. The first-order valence-electron chi connectivity index (χ1n) is 11.0. The van der Waals surface area contributed by atoms with Crippen LogP contribution in [-0.4, -0.2) is 70.2 Å². The van der Waals surface area contributed by atoms with Crippen LogP contribution in [0.15, 0.2) is 36.4 Å². The number of piperazine rings is 1. The number of hydrogen-bond acceptors (Lipinski definition) is 6. The number of halogens is 3. The molecule has 2 amide bonds. The van der Waals surface area contributed by atoms with E-state index >= 15 is 0 Å². The molecule has 1 aliphatic rings. The average molecular weight is 493 g/mol. The van der Waals surface area contributed by atoms with E-state index in [1.54, 1.807) is 11.0 Å². The Hall–Kier alpha value is -3.70. The molecule has 188 valence electrons. The zero-order valence-corrected chi connectivity index (χ0v) is 19.2. The molecule has 1 aromatic carbocycles. The molecule has 12 heteroatoms. The molecule has 0 spiro atoms. The lowest BCUT2D eigenvalue weighted by molar-refractivity contribution is -0.140. The largest absolute Gasteiger partial charge is 0.480 e. The van der Waals surface area contributed by atoms with Crippen LogP contribution in [0, 0.1) is 5.92 Å². The van der Waals surface area contributed by atoms with Crippen LogP contribution in [0.25, 0.3) is 0 Å². The summed E-state index contributed by atoms with van der Waals surface area (Å²) in [5.41, 5.74) is -1.40. The predicted octanol–water partition coefficient (Wildman–Crippen LogP) is 2.69. The molecule has 1 unspecified atom stereocenters. The first-order valence-corrected chi connectivity index (χ1v) is 11.0. The second-order valence-corrected chi connectivity index (χ2v) is 8.59. The zero-order valence-electron chi connectivity index (χ0n) is 19.2. The van der Waals surface area contributed by atoms with Gasteiger partial charge in [-0.05, 0) is 36.6 Å². The van der Waals surface area contributed by atoms with E-state index in [1.165, 1.54) is 29.2 Å². The summed E-state index contributed by atoms with van der Waals surface area (Å²) in [7, 11) is 0. The number of carboxylic acids is 1. The van der Waals surface area contributed by atoms with Crippen LogP contribution in [0.4, 0.5) is 19.0 Å². The Kier molecular flexibility index (Phi) is 7.92. The summed E-state index contributed by atoms with van der Waals surface area (Å²) in [5.74, 6) is -1.98. The number of alkyl halides is 3. The minimum atomic E-state index is -4.63. The van der Waals surface area contributed by atoms with Crippen LogP contribution in [0.3, 0.4) is 0 Å². The van der Waals surface area contributed by atoms with E-state index in [2.05, 4.69) is 15.5 Å². The fourth-order valence-corrected chi connectivity index (χ4v) is 3.77. The van der Waals surface area contributed by atoms with Crippen molar-refractivity contribution in [3.05, 3.63) is 53.2 Å². The Morgan fingerprint density at radius 1 is 1.03 bits per heavy atom. The fraction of sp³-hybridized carbons (Fsp3) is 0.435. The van der Waals surface area contributed by atoms with Crippen LogP contribution in [0.5, 0.6) is 0 Å². The lowest BCUT2D eigenvalue weighted by Crippen LogP contribution is -2.49. The van der Waals surface area contributed by atoms with Gasteiger partial charge in [0.15, 0.2) is 11.5 Å². The molecule has 1 aliphatic heterocycles. The topological polar surface area (TPSA) is 116 Å². The Balaban J connectivity index is 1.61. The van der Waals surface area contributed by atoms with Crippen molar-refractivity contribution in [3.63, 3.8) is 0 Å². The van der Waals surface area contributed by atoms with Crippen molar-refractivity contribution in [2.45, 2.75) is 32.5 Å². The number of aliphatic carboxylic acids is 1. The van der Waals surface area contributed by atoms with Gasteiger partial charge < -0.3 is 20.2 Å². The van der Waals surface area contributed by atoms with Crippen molar-refractivity contribution < 1.29 is 32.7 Å². The van der Waals surface area contributed by atoms with Gasteiger partial charge in [0.1, 0.15) is 6.04 Å². The number of carbonyl (C=O) groups excluding carboxylic acids is 2. The van der Waals surface area contributed by atoms with Gasteiger partial charge in [0, 0.05) is 26.2 Å². The van der Waals surface area contributed by atoms with E-state index in [0.717, 1.165) is 6.07 Å². The second kappa shape index (κ2) is 10.7. The molecule has 0 aliphatic carbocycles. The van der Waals surface area contributed by atoms with Crippen molar-refractivity contribution in [2.24, 2.45) is 5.92 Å². The normalized spacial score (nSPS) is 15.1. The Morgan fingerprint density at radius 3 is 2.23 bits per heavy atom. The van der Waals surface area contributed by atoms with Gasteiger partial charge in [-0.15, -0.1) is 10.2 Å². The number of carboxylic acid groups (broad SMARTS) is 1. The summed E-state index contributed by atoms with van der Waals surface area (Å²) < 4.78 is 39.8. The van der Waals surface area contributed by atoms with Crippen LogP contribution in [0.2, 0.25) is 0 Å². The van der Waals surface area contributed by atoms with Crippen LogP contribution >= 0.6 is 0 Å². The first kappa shape index (κ1) is 25.9. The molecule has 1 atom stereocenters. The van der Waals surface area contributed by atoms with E-state index < -0.39 is 35.6 Å². The van der Waals surface area contributed by atoms with Gasteiger partial charge in [0.05, 0.1) is 11.1 Å². The summed E-state index contributed by atoms with van der Waals surface area (Å²) in [6, 6.07) is 6.62. The maximum Gasteiger partial charge on any atom is 0.417 e. The fourth-order valence-electron chi connectivity index (χ4n) is 3.77. The molecule has 35 heavy (non-hydrogen) atoms. The lowest BCUT2D eigenvalue weighted by Gasteiger charge is -2.35. The molecule has 1 aromatic heterocycles. The maximum absolute atomic E-state index is 13.3. The molecule has 1 saturated heterocycles. The third kappa shape index (κ3) is 6.46. The SMILES string of the molecule is CC(C)CC(NC(=O)c1ccc(N2CCN(C(=O)c3ccccc3C(F)(F)F)CC2)nn1)C(=O)O. The second-order valence-electron chi connectivity index (χ2n) is 8.59. The van der Waals surface area contributed by atoms with E-state index in [4.69, 9.17) is 0 Å². The number of aromatic nitrogens is 2. The highest BCUT2D eigenvalue weighted by Crippen LogP contribution is 2.32. The minimum Gasteiger partial charge on any atom is -0.480 e. The highest BCUT2D eigenvalue weighted by atomic mass is 19.4. The van der Waals surface area contributed by atoms with Crippen molar-refractivity contribution in [3.8, 4) is 0 Å². The van der Waals surface area contributed by atoms with Gasteiger partial charge in [0.25, 0.3) is 11.8 Å². The van der Waals surface area contributed by atoms with Gasteiger partial charge in [-0.1, -0.05) is 26.0 Å². The zero-order chi connectivity index (χ0) is 25.8. The predicted molar refractivity (Wildman–Crippen MR) is 120 cm³/mol. The van der Waals surface area contributed by atoms with Crippen molar-refractivity contribution >= 4 is 23.6 Å². The van der Waals surface area contributed by atoms with Crippen molar-refractivity contribution in [1.29, 1.82) is 0 Å². The first-order chi connectivity index (χ1) is 16.5. The third-order valence-electron chi connectivity index (χ3n) is 5.55. The highest BCUT2D eigenvalue weighted by Gasteiger charge is 2.36. The molecule has 2 aromatic rings. The Labute approximate surface area is 199 Å². The minimum absolute atomic E-state index is 0.0404. The summed E-state index contributed by atoms with van der Waals surface area (Å²) in [6.07, 6.45) is -4.36. The molecular weight excluding hydrogens is 467 g/mol. The van der Waals surface area contributed by atoms with Gasteiger partial charge in [0.2, 0.25) is 0 Å². The number of carbonyl (C=O) groups is 3. The van der Waals surface area contributed by atoms with E-state index in [9.17, 15) is 32.7 Å². The molecule has 2 heterocycles. The van der Waals surface area contributed by atoms with Crippen LogP contribution in [0.1, 0.15) is 46.7 Å².